The molecule has 56 valence electrons. The van der Waals surface area contributed by atoms with E-state index in [0.29, 0.717) is 5.88 Å². The smallest absolute Gasteiger partial charge is 0.0579 e. The zero-order valence-corrected chi connectivity index (χ0v) is 6.68. The van der Waals surface area contributed by atoms with Gasteiger partial charge in [0, 0.05) is 18.3 Å². The van der Waals surface area contributed by atoms with Crippen LogP contribution in [0.3, 0.4) is 0 Å². The molecule has 2 nitrogen and oxygen atoms in total. The number of hydrogen-bond acceptors (Lipinski definition) is 2. The molecule has 1 N–H and O–H groups in total. The average molecular weight is 180 g/mol. The highest BCUT2D eigenvalue weighted by Crippen LogP contribution is 1.98. The van der Waals surface area contributed by atoms with Crippen LogP contribution in [-0.4, -0.2) is 9.64 Å². The lowest BCUT2D eigenvalue weighted by Crippen LogP contribution is -1.74. The van der Waals surface area contributed by atoms with Crippen LogP contribution in [0, 0.1) is 0 Å². The van der Waals surface area contributed by atoms with Gasteiger partial charge in [0.25, 0.3) is 0 Å². The summed E-state index contributed by atoms with van der Waals surface area (Å²) in [6.07, 6.45) is 3.47. The van der Waals surface area contributed by atoms with Crippen LogP contribution in [0.5, 0.6) is 0 Å². The molecular weight excluding hydrogens is 173 g/mol. The topological polar surface area (TPSA) is 33.1 Å². The Morgan fingerprint density at radius 1 is 1.30 bits per heavy atom. The molecule has 0 aromatic carbocycles. The van der Waals surface area contributed by atoms with Crippen LogP contribution in [0.2, 0.25) is 0 Å². The van der Waals surface area contributed by atoms with Gasteiger partial charge in [-0.05, 0) is 17.7 Å². The summed E-state index contributed by atoms with van der Waals surface area (Å²) in [5.41, 5.74) is 1.11. The summed E-state index contributed by atoms with van der Waals surface area (Å²) >= 11 is 9.14. The first-order valence-corrected chi connectivity index (χ1v) is 3.42. The van der Waals surface area contributed by atoms with E-state index in [9.17, 15) is 0 Å². The normalized spacial score (nSPS) is 7.90. The van der Waals surface area contributed by atoms with Gasteiger partial charge in [0.1, 0.15) is 0 Å². The van der Waals surface area contributed by atoms with Crippen LogP contribution < -0.4 is 0 Å². The number of pyridine rings is 1. The minimum Gasteiger partial charge on any atom is -0.295 e. The van der Waals surface area contributed by atoms with E-state index in [2.05, 4.69) is 16.9 Å². The molecule has 1 rings (SSSR count). The van der Waals surface area contributed by atoms with Gasteiger partial charge in [-0.25, -0.2) is 0 Å². The molecule has 0 spiro atoms. The number of alkyl halides is 1. The van der Waals surface area contributed by atoms with Crippen molar-refractivity contribution in [3.05, 3.63) is 30.1 Å². The summed E-state index contributed by atoms with van der Waals surface area (Å²) in [5, 5.41) is 0. The molecule has 1 aromatic rings. The molecule has 0 unspecified atom stereocenters. The maximum atomic E-state index is 6.47. The van der Waals surface area contributed by atoms with E-state index in [-0.39, 0.29) is 0 Å². The maximum absolute atomic E-state index is 6.47. The first-order chi connectivity index (χ1) is 4.93. The van der Waals surface area contributed by atoms with Crippen molar-refractivity contribution in [2.75, 3.05) is 0 Å². The predicted octanol–water partition coefficient (Wildman–Crippen LogP) is 1.95. The van der Waals surface area contributed by atoms with Crippen LogP contribution >= 0.6 is 23.5 Å². The van der Waals surface area contributed by atoms with E-state index in [4.69, 9.17) is 16.3 Å². The van der Waals surface area contributed by atoms with Gasteiger partial charge < -0.3 is 0 Å². The maximum Gasteiger partial charge on any atom is 0.0579 e. The molecular formula is C6H7Cl2NO. The summed E-state index contributed by atoms with van der Waals surface area (Å²) < 4.78 is 6.47. The summed E-state index contributed by atoms with van der Waals surface area (Å²) in [6, 6.07) is 3.79. The second kappa shape index (κ2) is 6.81. The van der Waals surface area contributed by atoms with Crippen LogP contribution in [0.25, 0.3) is 0 Å². The van der Waals surface area contributed by atoms with Gasteiger partial charge in [-0.1, -0.05) is 0 Å². The molecule has 0 aliphatic heterocycles. The zero-order chi connectivity index (χ0) is 7.82. The highest BCUT2D eigenvalue weighted by molar-refractivity contribution is 6.17. The molecule has 0 fully saturated rings. The van der Waals surface area contributed by atoms with Gasteiger partial charge in [-0.2, -0.15) is 0 Å². The van der Waals surface area contributed by atoms with Gasteiger partial charge in [0.2, 0.25) is 0 Å². The van der Waals surface area contributed by atoms with Crippen molar-refractivity contribution in [1.82, 2.24) is 4.98 Å². The van der Waals surface area contributed by atoms with E-state index >= 15 is 0 Å². The van der Waals surface area contributed by atoms with Crippen molar-refractivity contribution in [3.63, 3.8) is 0 Å². The largest absolute Gasteiger partial charge is 0.295 e. The molecule has 0 aliphatic rings. The summed E-state index contributed by atoms with van der Waals surface area (Å²) in [5.74, 6) is 0.572. The lowest BCUT2D eigenvalue weighted by atomic mass is 10.3. The van der Waals surface area contributed by atoms with Gasteiger partial charge in [0.15, 0.2) is 0 Å². The van der Waals surface area contributed by atoms with Gasteiger partial charge >= 0.3 is 0 Å². The Bertz CT molecular complexity index is 157. The van der Waals surface area contributed by atoms with Crippen molar-refractivity contribution in [3.8, 4) is 0 Å². The molecule has 1 aromatic heterocycles. The summed E-state index contributed by atoms with van der Waals surface area (Å²) in [6.45, 7) is 0. The molecule has 10 heavy (non-hydrogen) atoms. The predicted molar refractivity (Wildman–Crippen MR) is 41.9 cm³/mol. The Kier molecular flexibility index (Phi) is 6.59. The first-order valence-electron chi connectivity index (χ1n) is 2.55. The molecule has 4 heteroatoms. The second-order valence-electron chi connectivity index (χ2n) is 1.49. The minimum absolute atomic E-state index is 0.572. The fourth-order valence-corrected chi connectivity index (χ4v) is 0.650. The lowest BCUT2D eigenvalue weighted by Gasteiger charge is -1.87. The standard InChI is InChI=1S/C6H6ClN.ClHO/c7-5-6-1-3-8-4-2-6;1-2/h1-4H,5H2;2H. The van der Waals surface area contributed by atoms with Gasteiger partial charge in [-0.3, -0.25) is 9.64 Å². The van der Waals surface area contributed by atoms with E-state index in [1.54, 1.807) is 12.4 Å². The van der Waals surface area contributed by atoms with E-state index in [1.807, 2.05) is 12.1 Å². The second-order valence-corrected chi connectivity index (χ2v) is 1.76. The Morgan fingerprint density at radius 2 is 1.80 bits per heavy atom. The number of aromatic nitrogens is 1. The van der Waals surface area contributed by atoms with E-state index in [0.717, 1.165) is 5.56 Å². The van der Waals surface area contributed by atoms with Crippen LogP contribution in [0.1, 0.15) is 5.56 Å². The monoisotopic (exact) mass is 179 g/mol. The summed E-state index contributed by atoms with van der Waals surface area (Å²) in [7, 11) is 0. The molecule has 0 bridgehead atoms. The fraction of sp³-hybridized carbons (Fsp3) is 0.167. The van der Waals surface area contributed by atoms with Crippen LogP contribution in [0.4, 0.5) is 0 Å². The third-order valence-electron chi connectivity index (χ3n) is 0.904. The number of halogens is 2. The quantitative estimate of drug-likeness (QED) is 0.670. The number of nitrogens with zero attached hydrogens (tertiary/aromatic N) is 1. The van der Waals surface area contributed by atoms with Crippen LogP contribution in [-0.2, 0) is 5.88 Å². The Morgan fingerprint density at radius 3 is 2.10 bits per heavy atom. The highest BCUT2D eigenvalue weighted by Gasteiger charge is 1.82. The van der Waals surface area contributed by atoms with Crippen molar-refractivity contribution in [2.24, 2.45) is 0 Å². The van der Waals surface area contributed by atoms with Crippen molar-refractivity contribution < 1.29 is 4.66 Å². The van der Waals surface area contributed by atoms with Crippen molar-refractivity contribution in [1.29, 1.82) is 0 Å². The van der Waals surface area contributed by atoms with Crippen LogP contribution in [0.15, 0.2) is 24.5 Å². The molecule has 0 saturated carbocycles. The van der Waals surface area contributed by atoms with Crippen molar-refractivity contribution >= 4 is 23.5 Å². The fourth-order valence-electron chi connectivity index (χ4n) is 0.472. The number of rotatable bonds is 1. The minimum atomic E-state index is 0.572. The zero-order valence-electron chi connectivity index (χ0n) is 5.17. The Hall–Kier alpha value is -0.310. The third-order valence-corrected chi connectivity index (χ3v) is 1.21. The average Bonchev–Trinajstić information content (AvgIpc) is 2.10. The Labute approximate surface area is 69.6 Å². The van der Waals surface area contributed by atoms with E-state index < -0.39 is 0 Å². The van der Waals surface area contributed by atoms with Crippen molar-refractivity contribution in [2.45, 2.75) is 5.88 Å². The number of hydrogen-bond donors (Lipinski definition) is 1. The SMILES string of the molecule is ClCc1ccncc1.OCl. The molecule has 1 heterocycles. The molecule has 0 amide bonds. The lowest BCUT2D eigenvalue weighted by molar-refractivity contribution is 0.632. The Balaban J connectivity index is 0.000000371. The molecule has 0 radical (unpaired) electrons. The third kappa shape index (κ3) is 3.67. The van der Waals surface area contributed by atoms with E-state index in [1.165, 1.54) is 0 Å². The van der Waals surface area contributed by atoms with Gasteiger partial charge in [0.05, 0.1) is 11.9 Å². The van der Waals surface area contributed by atoms with Gasteiger partial charge in [-0.15, -0.1) is 11.6 Å². The molecule has 0 atom stereocenters. The summed E-state index contributed by atoms with van der Waals surface area (Å²) in [4.78, 5) is 3.83. The first kappa shape index (κ1) is 9.69. The molecule has 0 saturated heterocycles. The highest BCUT2D eigenvalue weighted by atomic mass is 35.5. The molecule has 0 aliphatic carbocycles.